The van der Waals surface area contributed by atoms with Crippen LogP contribution < -0.4 is 4.90 Å². The van der Waals surface area contributed by atoms with Gasteiger partial charge < -0.3 is 4.90 Å². The molecule has 1 atom stereocenters. The van der Waals surface area contributed by atoms with Crippen LogP contribution in [0.1, 0.15) is 26.5 Å². The summed E-state index contributed by atoms with van der Waals surface area (Å²) in [4.78, 5) is 6.45. The predicted molar refractivity (Wildman–Crippen MR) is 66.5 cm³/mol. The molecule has 1 aromatic rings. The molecule has 1 rings (SSSR count). The van der Waals surface area contributed by atoms with Gasteiger partial charge in [0.2, 0.25) is 0 Å². The summed E-state index contributed by atoms with van der Waals surface area (Å²) < 4.78 is 0. The SMILES string of the molecule is CC(C)C(C)N(C)c1ccnc(CCl)c1. The molecule has 2 nitrogen and oxygen atoms in total. The van der Waals surface area contributed by atoms with Crippen molar-refractivity contribution in [3.63, 3.8) is 0 Å². The van der Waals surface area contributed by atoms with Gasteiger partial charge in [0.1, 0.15) is 0 Å². The summed E-state index contributed by atoms with van der Waals surface area (Å²) in [6.07, 6.45) is 1.82. The van der Waals surface area contributed by atoms with E-state index in [0.29, 0.717) is 17.8 Å². The van der Waals surface area contributed by atoms with Gasteiger partial charge in [-0.3, -0.25) is 4.98 Å². The zero-order valence-corrected chi connectivity index (χ0v) is 10.6. The zero-order valence-electron chi connectivity index (χ0n) is 9.87. The third-order valence-electron chi connectivity index (χ3n) is 2.92. The highest BCUT2D eigenvalue weighted by Gasteiger charge is 2.13. The molecule has 0 bridgehead atoms. The van der Waals surface area contributed by atoms with Crippen molar-refractivity contribution in [3.05, 3.63) is 24.0 Å². The lowest BCUT2D eigenvalue weighted by Crippen LogP contribution is -2.33. The van der Waals surface area contributed by atoms with E-state index in [1.165, 1.54) is 5.69 Å². The molecule has 0 aliphatic heterocycles. The molecule has 0 radical (unpaired) electrons. The summed E-state index contributed by atoms with van der Waals surface area (Å²) >= 11 is 5.76. The predicted octanol–water partition coefficient (Wildman–Crippen LogP) is 3.30. The van der Waals surface area contributed by atoms with E-state index in [9.17, 15) is 0 Å². The normalized spacial score (nSPS) is 12.9. The topological polar surface area (TPSA) is 16.1 Å². The van der Waals surface area contributed by atoms with Crippen molar-refractivity contribution in [2.24, 2.45) is 5.92 Å². The Kier molecular flexibility index (Phi) is 4.40. The number of aromatic nitrogens is 1. The average molecular weight is 227 g/mol. The monoisotopic (exact) mass is 226 g/mol. The van der Waals surface area contributed by atoms with Gasteiger partial charge in [0.15, 0.2) is 0 Å². The Balaban J connectivity index is 2.85. The summed E-state index contributed by atoms with van der Waals surface area (Å²) in [5, 5.41) is 0. The number of hydrogen-bond donors (Lipinski definition) is 0. The molecule has 0 saturated carbocycles. The molecular formula is C12H19ClN2. The van der Waals surface area contributed by atoms with Gasteiger partial charge in [-0.15, -0.1) is 11.6 Å². The van der Waals surface area contributed by atoms with Crippen molar-refractivity contribution in [3.8, 4) is 0 Å². The van der Waals surface area contributed by atoms with E-state index in [4.69, 9.17) is 11.6 Å². The van der Waals surface area contributed by atoms with Crippen molar-refractivity contribution in [1.82, 2.24) is 4.98 Å². The highest BCUT2D eigenvalue weighted by atomic mass is 35.5. The standard InChI is InChI=1S/C12H19ClN2/c1-9(2)10(3)15(4)12-5-6-14-11(7-12)8-13/h5-7,9-10H,8H2,1-4H3. The first-order valence-corrected chi connectivity index (χ1v) is 5.83. The van der Waals surface area contributed by atoms with Crippen molar-refractivity contribution in [2.75, 3.05) is 11.9 Å². The number of hydrogen-bond acceptors (Lipinski definition) is 2. The lowest BCUT2D eigenvalue weighted by Gasteiger charge is -2.30. The maximum Gasteiger partial charge on any atom is 0.0648 e. The second kappa shape index (κ2) is 5.36. The van der Waals surface area contributed by atoms with E-state index < -0.39 is 0 Å². The van der Waals surface area contributed by atoms with Crippen molar-refractivity contribution < 1.29 is 0 Å². The van der Waals surface area contributed by atoms with Crippen LogP contribution in [0.25, 0.3) is 0 Å². The van der Waals surface area contributed by atoms with E-state index in [2.05, 4.69) is 37.7 Å². The second-order valence-corrected chi connectivity index (χ2v) is 4.50. The maximum atomic E-state index is 5.76. The Labute approximate surface area is 97.3 Å². The molecule has 1 unspecified atom stereocenters. The molecule has 84 valence electrons. The smallest absolute Gasteiger partial charge is 0.0648 e. The molecule has 0 N–H and O–H groups in total. The minimum Gasteiger partial charge on any atom is -0.372 e. The fraction of sp³-hybridized carbons (Fsp3) is 0.583. The molecule has 0 spiro atoms. The third-order valence-corrected chi connectivity index (χ3v) is 3.19. The molecule has 0 aromatic carbocycles. The minimum atomic E-state index is 0.470. The van der Waals surface area contributed by atoms with E-state index in [1.807, 2.05) is 18.3 Å². The quantitative estimate of drug-likeness (QED) is 0.733. The number of rotatable bonds is 4. The second-order valence-electron chi connectivity index (χ2n) is 4.23. The van der Waals surface area contributed by atoms with Gasteiger partial charge in [-0.2, -0.15) is 0 Å². The van der Waals surface area contributed by atoms with Crippen LogP contribution in [0.4, 0.5) is 5.69 Å². The Bertz CT molecular complexity index is 312. The van der Waals surface area contributed by atoms with Crippen LogP contribution in [0.15, 0.2) is 18.3 Å². The minimum absolute atomic E-state index is 0.470. The Hall–Kier alpha value is -0.760. The Morgan fingerprint density at radius 2 is 2.07 bits per heavy atom. The van der Waals surface area contributed by atoms with E-state index in [1.54, 1.807) is 0 Å². The fourth-order valence-electron chi connectivity index (χ4n) is 1.44. The summed E-state index contributed by atoms with van der Waals surface area (Å²) in [5.74, 6) is 1.10. The van der Waals surface area contributed by atoms with Crippen molar-refractivity contribution in [2.45, 2.75) is 32.7 Å². The molecule has 0 amide bonds. The molecule has 0 aliphatic rings. The summed E-state index contributed by atoms with van der Waals surface area (Å²) in [5.41, 5.74) is 2.11. The molecule has 0 aliphatic carbocycles. The van der Waals surface area contributed by atoms with Crippen LogP contribution in [0.5, 0.6) is 0 Å². The Morgan fingerprint density at radius 3 is 2.60 bits per heavy atom. The number of anilines is 1. The van der Waals surface area contributed by atoms with Gasteiger partial charge in [-0.1, -0.05) is 13.8 Å². The zero-order chi connectivity index (χ0) is 11.4. The van der Waals surface area contributed by atoms with Crippen LogP contribution in [0, 0.1) is 5.92 Å². The molecule has 1 heterocycles. The van der Waals surface area contributed by atoms with Crippen LogP contribution >= 0.6 is 11.6 Å². The molecule has 0 saturated heterocycles. The maximum absolute atomic E-state index is 5.76. The Morgan fingerprint density at radius 1 is 1.40 bits per heavy atom. The first-order chi connectivity index (χ1) is 7.06. The van der Waals surface area contributed by atoms with Gasteiger partial charge in [-0.05, 0) is 25.0 Å². The van der Waals surface area contributed by atoms with Gasteiger partial charge >= 0.3 is 0 Å². The number of halogens is 1. The van der Waals surface area contributed by atoms with Crippen molar-refractivity contribution >= 4 is 17.3 Å². The number of pyridine rings is 1. The highest BCUT2D eigenvalue weighted by molar-refractivity contribution is 6.16. The van der Waals surface area contributed by atoms with E-state index in [-0.39, 0.29) is 0 Å². The van der Waals surface area contributed by atoms with E-state index in [0.717, 1.165) is 5.69 Å². The van der Waals surface area contributed by atoms with Gasteiger partial charge in [0.05, 0.1) is 11.6 Å². The molecule has 15 heavy (non-hydrogen) atoms. The summed E-state index contributed by atoms with van der Waals surface area (Å²) in [6, 6.07) is 4.58. The van der Waals surface area contributed by atoms with Gasteiger partial charge in [0.25, 0.3) is 0 Å². The largest absolute Gasteiger partial charge is 0.372 e. The number of alkyl halides is 1. The molecule has 3 heteroatoms. The first kappa shape index (κ1) is 12.3. The third kappa shape index (κ3) is 3.10. The van der Waals surface area contributed by atoms with Crippen molar-refractivity contribution in [1.29, 1.82) is 0 Å². The number of nitrogens with zero attached hydrogens (tertiary/aromatic N) is 2. The van der Waals surface area contributed by atoms with Crippen LogP contribution in [0.3, 0.4) is 0 Å². The summed E-state index contributed by atoms with van der Waals surface area (Å²) in [6.45, 7) is 6.68. The molecular weight excluding hydrogens is 208 g/mol. The lowest BCUT2D eigenvalue weighted by atomic mass is 10.0. The fourth-order valence-corrected chi connectivity index (χ4v) is 1.59. The van der Waals surface area contributed by atoms with Gasteiger partial charge in [0, 0.05) is 25.0 Å². The lowest BCUT2D eigenvalue weighted by molar-refractivity contribution is 0.505. The van der Waals surface area contributed by atoms with Gasteiger partial charge in [-0.25, -0.2) is 0 Å². The van der Waals surface area contributed by atoms with Crippen LogP contribution in [-0.4, -0.2) is 18.1 Å². The first-order valence-electron chi connectivity index (χ1n) is 5.30. The van der Waals surface area contributed by atoms with Crippen LogP contribution in [-0.2, 0) is 5.88 Å². The van der Waals surface area contributed by atoms with Crippen LogP contribution in [0.2, 0.25) is 0 Å². The molecule has 0 fully saturated rings. The van der Waals surface area contributed by atoms with E-state index >= 15 is 0 Å². The highest BCUT2D eigenvalue weighted by Crippen LogP contribution is 2.19. The summed E-state index contributed by atoms with van der Waals surface area (Å²) in [7, 11) is 2.11. The molecule has 1 aromatic heterocycles. The average Bonchev–Trinajstić information content (AvgIpc) is 2.27.